The summed E-state index contributed by atoms with van der Waals surface area (Å²) in [7, 11) is -10.8. The second kappa shape index (κ2) is 15.9. The summed E-state index contributed by atoms with van der Waals surface area (Å²) in [5.74, 6) is -6.00. The maximum atomic E-state index is 7.04. The standard InChI is InChI=1S/C26H62Cl4N14P6/c1-23(2,3)33-47(34-24(4,5)6)37-45(27,28)39-49(41-47)31-17-15-21-43(49)19-13-14-20-44-22-16-18-32-50(44)40-46(29,30)38-48(42-50,35-25(7,8)9)36-26(10,11)12/h31-35,40H,13-22H2,1-12H3/t48-,49+,50-/m0/s1. The molecule has 0 radical (unpaired) electrons. The molecule has 50 heavy (non-hydrogen) atoms. The molecule has 14 nitrogen and oxygen atoms in total. The lowest BCUT2D eigenvalue weighted by Gasteiger charge is -2.46. The summed E-state index contributed by atoms with van der Waals surface area (Å²) in [6.07, 6.45) is 3.83. The van der Waals surface area contributed by atoms with Crippen LogP contribution in [0.2, 0.25) is 0 Å². The van der Waals surface area contributed by atoms with Crippen LogP contribution in [0.5, 0.6) is 0 Å². The molecular weight excluding hydrogens is 836 g/mol. The van der Waals surface area contributed by atoms with E-state index in [0.29, 0.717) is 0 Å². The van der Waals surface area contributed by atoms with Crippen LogP contribution in [-0.2, 0) is 0 Å². The quantitative estimate of drug-likeness (QED) is 0.104. The Morgan fingerprint density at radius 1 is 0.640 bits per heavy atom. The summed E-state index contributed by atoms with van der Waals surface area (Å²) in [6, 6.07) is 0. The lowest BCUT2D eigenvalue weighted by Crippen LogP contribution is -2.44. The molecule has 2 saturated heterocycles. The van der Waals surface area contributed by atoms with Crippen molar-refractivity contribution in [3.8, 4) is 0 Å². The van der Waals surface area contributed by atoms with Crippen molar-refractivity contribution in [3.05, 3.63) is 0 Å². The van der Waals surface area contributed by atoms with Crippen LogP contribution < -0.4 is 30.3 Å². The Morgan fingerprint density at radius 3 is 1.70 bits per heavy atom. The van der Waals surface area contributed by atoms with Crippen molar-refractivity contribution >= 4 is 86.8 Å². The van der Waals surface area contributed by atoms with Crippen molar-refractivity contribution < 1.29 is 0 Å². The first-order chi connectivity index (χ1) is 22.5. The molecule has 0 aromatic carbocycles. The molecule has 0 saturated carbocycles. The molecule has 4 rings (SSSR count). The van der Waals surface area contributed by atoms with Gasteiger partial charge in [0.2, 0.25) is 20.9 Å². The first-order valence-electron chi connectivity index (χ1n) is 17.3. The molecule has 294 valence electrons. The molecule has 0 unspecified atom stereocenters. The topological polar surface area (TPSA) is 153 Å². The molecule has 4 heterocycles. The van der Waals surface area contributed by atoms with E-state index in [4.69, 9.17) is 72.3 Å². The highest BCUT2D eigenvalue weighted by Gasteiger charge is 2.45. The minimum absolute atomic E-state index is 0.282. The predicted molar refractivity (Wildman–Crippen MR) is 229 cm³/mol. The Bertz CT molecular complexity index is 1590. The highest BCUT2D eigenvalue weighted by Crippen LogP contribution is 2.81. The smallest absolute Gasteiger partial charge is 0.258 e. The van der Waals surface area contributed by atoms with Crippen LogP contribution in [0.4, 0.5) is 0 Å². The van der Waals surface area contributed by atoms with Gasteiger partial charge in [-0.25, -0.2) is 29.3 Å². The number of nitrogens with zero attached hydrogens (tertiary/aromatic N) is 8. The van der Waals surface area contributed by atoms with Gasteiger partial charge in [-0.3, -0.25) is 10.2 Å². The van der Waals surface area contributed by atoms with Gasteiger partial charge in [-0.05, 0) is 154 Å². The lowest BCUT2D eigenvalue weighted by atomic mass is 10.1. The van der Waals surface area contributed by atoms with Gasteiger partial charge in [-0.15, -0.1) is 0 Å². The van der Waals surface area contributed by atoms with Crippen molar-refractivity contribution in [2.45, 2.75) is 131 Å². The molecule has 2 fully saturated rings. The zero-order chi connectivity index (χ0) is 37.7. The maximum Gasteiger partial charge on any atom is 0.258 e. The minimum Gasteiger partial charge on any atom is -0.259 e. The first-order valence-corrected chi connectivity index (χ1v) is 31.0. The van der Waals surface area contributed by atoms with E-state index in [0.717, 1.165) is 65.0 Å². The van der Waals surface area contributed by atoms with Gasteiger partial charge < -0.3 is 0 Å². The fourth-order valence-electron chi connectivity index (χ4n) is 6.06. The molecule has 3 atom stereocenters. The Balaban J connectivity index is 1.64. The Morgan fingerprint density at radius 2 is 1.16 bits per heavy atom. The van der Waals surface area contributed by atoms with E-state index in [1.54, 1.807) is 0 Å². The SMILES string of the molecule is CC(C)(C)N=[P@@]1(NC(C)(C)C)N=P(Cl)(Cl)N[P@]2(=N1)NCCCN2CCCCN1CCCN[P@@]12=NP(NC(C)(C)C)(NC(C)(C)C)=NP(Cl)(Cl)=N2. The van der Waals surface area contributed by atoms with E-state index in [1.807, 2.05) is 0 Å². The van der Waals surface area contributed by atoms with Crippen molar-refractivity contribution in [1.82, 2.24) is 39.6 Å². The molecule has 0 aliphatic carbocycles. The van der Waals surface area contributed by atoms with Gasteiger partial charge in [0.15, 0.2) is 7.51 Å². The van der Waals surface area contributed by atoms with E-state index >= 15 is 0 Å². The Hall–Kier alpha value is 2.22. The second-order valence-electron chi connectivity index (χ2n) is 17.3. The number of rotatable bonds is 8. The van der Waals surface area contributed by atoms with E-state index in [2.05, 4.69) is 123 Å². The summed E-state index contributed by atoms with van der Waals surface area (Å²) < 4.78 is 36.1. The van der Waals surface area contributed by atoms with Crippen molar-refractivity contribution in [3.63, 3.8) is 0 Å². The average molecular weight is 899 g/mol. The molecule has 0 aromatic heterocycles. The lowest BCUT2D eigenvalue weighted by molar-refractivity contribution is 0.364. The molecular formula is C26H62Cl4N14P6. The van der Waals surface area contributed by atoms with Crippen LogP contribution in [0.25, 0.3) is 0 Å². The van der Waals surface area contributed by atoms with Gasteiger partial charge in [-0.1, -0.05) is 0 Å². The van der Waals surface area contributed by atoms with Gasteiger partial charge in [0.1, 0.15) is 0 Å². The third-order valence-electron chi connectivity index (χ3n) is 7.11. The summed E-state index contributed by atoms with van der Waals surface area (Å²) in [6.45, 7) is 30.2. The molecule has 0 bridgehead atoms. The number of nitrogens with one attached hydrogen (secondary N) is 6. The van der Waals surface area contributed by atoms with Crippen LogP contribution in [0.1, 0.15) is 109 Å². The van der Waals surface area contributed by atoms with Crippen LogP contribution in [0.15, 0.2) is 27.3 Å². The molecule has 0 aromatic rings. The minimum atomic E-state index is -3.05. The Labute approximate surface area is 322 Å². The summed E-state index contributed by atoms with van der Waals surface area (Å²) in [5, 5.41) is 18.6. The molecule has 6 N–H and O–H groups in total. The maximum absolute atomic E-state index is 7.04. The third kappa shape index (κ3) is 12.9. The van der Waals surface area contributed by atoms with Crippen LogP contribution in [0, 0.1) is 0 Å². The Kier molecular flexibility index (Phi) is 14.3. The molecule has 4 aliphatic heterocycles. The highest BCUT2D eigenvalue weighted by molar-refractivity contribution is 8.14. The highest BCUT2D eigenvalue weighted by atomic mass is 35.9. The molecule has 0 amide bonds. The van der Waals surface area contributed by atoms with E-state index < -0.39 is 47.4 Å². The van der Waals surface area contributed by atoms with Gasteiger partial charge in [0, 0.05) is 55.9 Å². The first kappa shape index (κ1) is 44.9. The summed E-state index contributed by atoms with van der Waals surface area (Å²) in [5.41, 5.74) is -1.26. The number of halogens is 4. The van der Waals surface area contributed by atoms with Crippen molar-refractivity contribution in [2.75, 3.05) is 39.3 Å². The van der Waals surface area contributed by atoms with E-state index in [-0.39, 0.29) is 16.6 Å². The molecule has 24 heteroatoms. The monoisotopic (exact) mass is 896 g/mol. The fourth-order valence-corrected chi connectivity index (χ4v) is 35.0. The van der Waals surface area contributed by atoms with Crippen molar-refractivity contribution in [1.29, 1.82) is 0 Å². The van der Waals surface area contributed by atoms with Gasteiger partial charge in [0.25, 0.3) is 13.4 Å². The van der Waals surface area contributed by atoms with E-state index in [9.17, 15) is 0 Å². The number of unbranched alkanes of at least 4 members (excludes halogenated alkanes) is 1. The van der Waals surface area contributed by atoms with E-state index in [1.165, 1.54) is 0 Å². The zero-order valence-electron chi connectivity index (χ0n) is 31.8. The van der Waals surface area contributed by atoms with Crippen LogP contribution in [-0.4, -0.2) is 70.8 Å². The van der Waals surface area contributed by atoms with Gasteiger partial charge in [-0.2, -0.15) is 27.4 Å². The van der Waals surface area contributed by atoms with Crippen LogP contribution >= 0.6 is 86.8 Å². The summed E-state index contributed by atoms with van der Waals surface area (Å²) in [4.78, 5) is 3.55. The second-order valence-corrected chi connectivity index (χ2v) is 37.7. The van der Waals surface area contributed by atoms with Crippen molar-refractivity contribution in [2.24, 2.45) is 27.3 Å². The number of hydrogen-bond donors (Lipinski definition) is 6. The van der Waals surface area contributed by atoms with Crippen LogP contribution in [0.3, 0.4) is 0 Å². The normalized spacial score (nSPS) is 32.0. The zero-order valence-corrected chi connectivity index (χ0v) is 40.2. The molecule has 4 aliphatic rings. The van der Waals surface area contributed by atoms with Gasteiger partial charge in [0.05, 0.1) is 5.54 Å². The number of hydrogen-bond acceptors (Lipinski definition) is 11. The average Bonchev–Trinajstić information content (AvgIpc) is 2.81. The summed E-state index contributed by atoms with van der Waals surface area (Å²) >= 11 is 28.1. The fraction of sp³-hybridized carbons (Fsp3) is 1.00. The predicted octanol–water partition coefficient (Wildman–Crippen LogP) is 12.6. The van der Waals surface area contributed by atoms with Gasteiger partial charge >= 0.3 is 0 Å². The third-order valence-corrected chi connectivity index (χ3v) is 31.5. The molecule has 2 spiro atoms. The largest absolute Gasteiger partial charge is 0.259 e.